The molecule has 0 saturated heterocycles. The Hall–Kier alpha value is -6.71. The van der Waals surface area contributed by atoms with Crippen molar-refractivity contribution in [3.8, 4) is 0 Å². The van der Waals surface area contributed by atoms with Crippen molar-refractivity contribution in [3.05, 3.63) is 167 Å². The van der Waals surface area contributed by atoms with E-state index in [-0.39, 0.29) is 30.7 Å². The number of hydrogen-bond donors (Lipinski definition) is 3. The maximum atomic E-state index is 12.9. The predicted octanol–water partition coefficient (Wildman–Crippen LogP) is 11.4. The van der Waals surface area contributed by atoms with Gasteiger partial charge in [0.1, 0.15) is 6.61 Å². The smallest absolute Gasteiger partial charge is 0.338 e. The van der Waals surface area contributed by atoms with Crippen LogP contribution in [0.3, 0.4) is 0 Å². The number of aryl methyl sites for hydroxylation is 2. The molecule has 0 aliphatic carbocycles. The molecule has 0 saturated carbocycles. The SMILES string of the molecule is CCCC(=O)c1cnc2ccc(CO)cc2c1Nc1ccccc1C.CCCC(=O)c1cnc2ccc(COC(=O)c3ccccc3)cc2c1Nc1ccccc1C. The third kappa shape index (κ3) is 9.80. The number of para-hydroxylation sites is 2. The Morgan fingerprint density at radius 2 is 1.07 bits per heavy atom. The number of pyridine rings is 2. The zero-order chi connectivity index (χ0) is 41.0. The molecule has 0 aliphatic rings. The molecule has 0 bridgehead atoms. The van der Waals surface area contributed by atoms with Crippen molar-refractivity contribution in [3.63, 3.8) is 0 Å². The normalized spacial score (nSPS) is 10.8. The molecule has 9 heteroatoms. The van der Waals surface area contributed by atoms with Crippen molar-refractivity contribution in [1.82, 2.24) is 9.97 Å². The Morgan fingerprint density at radius 3 is 1.55 bits per heavy atom. The first-order valence-corrected chi connectivity index (χ1v) is 19.6. The monoisotopic (exact) mass is 772 g/mol. The Morgan fingerprint density at radius 1 is 0.603 bits per heavy atom. The fourth-order valence-corrected chi connectivity index (χ4v) is 6.59. The molecule has 0 spiro atoms. The van der Waals surface area contributed by atoms with Gasteiger partial charge in [-0.25, -0.2) is 4.79 Å². The number of hydrogen-bond acceptors (Lipinski definition) is 9. The zero-order valence-electron chi connectivity index (χ0n) is 33.3. The van der Waals surface area contributed by atoms with Crippen LogP contribution in [-0.2, 0) is 18.0 Å². The number of nitrogens with zero attached hydrogens (tertiary/aromatic N) is 2. The molecule has 2 heterocycles. The van der Waals surface area contributed by atoms with Gasteiger partial charge in [0, 0.05) is 47.4 Å². The number of ketones is 2. The first-order valence-electron chi connectivity index (χ1n) is 19.6. The molecule has 294 valence electrons. The number of ether oxygens (including phenoxy) is 1. The second-order valence-electron chi connectivity index (χ2n) is 14.1. The second kappa shape index (κ2) is 19.4. The lowest BCUT2D eigenvalue weighted by atomic mass is 10.0. The number of rotatable bonds is 14. The van der Waals surface area contributed by atoms with Crippen LogP contribution < -0.4 is 10.6 Å². The molecule has 0 atom stereocenters. The number of carbonyl (C=O) groups excluding carboxylic acids is 3. The van der Waals surface area contributed by atoms with Crippen LogP contribution in [0.1, 0.15) is 92.9 Å². The topological polar surface area (TPSA) is 131 Å². The summed E-state index contributed by atoms with van der Waals surface area (Å²) in [6.07, 6.45) is 5.78. The highest BCUT2D eigenvalue weighted by molar-refractivity contribution is 6.10. The summed E-state index contributed by atoms with van der Waals surface area (Å²) in [4.78, 5) is 46.8. The van der Waals surface area contributed by atoms with E-state index in [4.69, 9.17) is 4.74 Å². The number of aliphatic hydroxyl groups is 1. The number of anilines is 4. The third-order valence-corrected chi connectivity index (χ3v) is 9.79. The quantitative estimate of drug-likeness (QED) is 0.0730. The minimum atomic E-state index is -0.376. The van der Waals surface area contributed by atoms with Gasteiger partial charge in [-0.1, -0.05) is 80.6 Å². The Bertz CT molecular complexity index is 2570. The molecule has 7 aromatic rings. The summed E-state index contributed by atoms with van der Waals surface area (Å²) in [7, 11) is 0. The molecule has 2 aromatic heterocycles. The number of carbonyl (C=O) groups is 3. The summed E-state index contributed by atoms with van der Waals surface area (Å²) in [5, 5.41) is 18.0. The summed E-state index contributed by atoms with van der Waals surface area (Å²) in [5.74, 6) is -0.259. The van der Waals surface area contributed by atoms with E-state index in [0.717, 1.165) is 79.7 Å². The van der Waals surface area contributed by atoms with Crippen molar-refractivity contribution >= 4 is 62.1 Å². The molecule has 0 unspecified atom stereocenters. The largest absolute Gasteiger partial charge is 0.457 e. The number of Topliss-reactive ketones (excluding diaryl/α,β-unsaturated/α-hetero) is 2. The average molecular weight is 773 g/mol. The maximum absolute atomic E-state index is 12.9. The Labute approximate surface area is 339 Å². The van der Waals surface area contributed by atoms with Crippen molar-refractivity contribution in [2.75, 3.05) is 10.6 Å². The summed E-state index contributed by atoms with van der Waals surface area (Å²) < 4.78 is 5.51. The van der Waals surface area contributed by atoms with Crippen LogP contribution in [-0.4, -0.2) is 32.6 Å². The van der Waals surface area contributed by atoms with Crippen LogP contribution in [0.25, 0.3) is 21.8 Å². The molecule has 0 aliphatic heterocycles. The summed E-state index contributed by atoms with van der Waals surface area (Å²) >= 11 is 0. The van der Waals surface area contributed by atoms with Gasteiger partial charge in [-0.05, 0) is 97.5 Å². The molecule has 58 heavy (non-hydrogen) atoms. The molecule has 3 N–H and O–H groups in total. The lowest BCUT2D eigenvalue weighted by Crippen LogP contribution is -2.07. The van der Waals surface area contributed by atoms with E-state index in [1.807, 2.05) is 119 Å². The first kappa shape index (κ1) is 40.9. The maximum Gasteiger partial charge on any atom is 0.338 e. The van der Waals surface area contributed by atoms with Crippen LogP contribution in [0.5, 0.6) is 0 Å². The van der Waals surface area contributed by atoms with Gasteiger partial charge in [0.05, 0.1) is 45.7 Å². The van der Waals surface area contributed by atoms with E-state index >= 15 is 0 Å². The minimum absolute atomic E-state index is 0.0453. The number of benzene rings is 5. The van der Waals surface area contributed by atoms with E-state index in [0.29, 0.717) is 29.5 Å². The molecule has 0 amide bonds. The van der Waals surface area contributed by atoms with Gasteiger partial charge in [0.25, 0.3) is 0 Å². The van der Waals surface area contributed by atoms with Crippen LogP contribution in [0.2, 0.25) is 0 Å². The first-order chi connectivity index (χ1) is 28.2. The zero-order valence-corrected chi connectivity index (χ0v) is 33.3. The van der Waals surface area contributed by atoms with Crippen molar-refractivity contribution < 1.29 is 24.2 Å². The van der Waals surface area contributed by atoms with E-state index in [1.54, 1.807) is 36.7 Å². The fourth-order valence-electron chi connectivity index (χ4n) is 6.59. The predicted molar refractivity (Wildman–Crippen MR) is 232 cm³/mol. The number of nitrogens with one attached hydrogen (secondary N) is 2. The van der Waals surface area contributed by atoms with E-state index in [9.17, 15) is 19.5 Å². The van der Waals surface area contributed by atoms with Crippen molar-refractivity contribution in [1.29, 1.82) is 0 Å². The number of esters is 1. The van der Waals surface area contributed by atoms with Gasteiger partial charge in [-0.15, -0.1) is 0 Å². The molecular weight excluding hydrogens is 725 g/mol. The standard InChI is InChI=1S/C28H26N2O3.C21H22N2O2/c1-3-9-26(31)23-17-29-25-15-14-20(18-33-28(32)21-11-5-4-6-12-21)16-22(25)27(23)30-24-13-8-7-10-19(24)2;1-3-6-20(25)17-12-22-19-10-9-15(13-24)11-16(19)21(17)23-18-8-5-4-7-14(18)2/h4-8,10-17H,3,9,18H2,1-2H3,(H,29,30);4-5,7-12,24H,3,6,13H2,1-2H3,(H,22,23). The van der Waals surface area contributed by atoms with Crippen molar-refractivity contribution in [2.45, 2.75) is 66.6 Å². The van der Waals surface area contributed by atoms with Gasteiger partial charge in [0.2, 0.25) is 0 Å². The summed E-state index contributed by atoms with van der Waals surface area (Å²) in [5.41, 5.74) is 10.4. The molecule has 5 aromatic carbocycles. The number of aliphatic hydroxyl groups excluding tert-OH is 1. The van der Waals surface area contributed by atoms with Crippen LogP contribution >= 0.6 is 0 Å². The van der Waals surface area contributed by atoms with Gasteiger partial charge >= 0.3 is 5.97 Å². The average Bonchev–Trinajstić information content (AvgIpc) is 3.25. The van der Waals surface area contributed by atoms with E-state index < -0.39 is 0 Å². The van der Waals surface area contributed by atoms with Gasteiger partial charge < -0.3 is 20.5 Å². The van der Waals surface area contributed by atoms with Gasteiger partial charge in [-0.2, -0.15) is 0 Å². The highest BCUT2D eigenvalue weighted by Crippen LogP contribution is 2.34. The van der Waals surface area contributed by atoms with Gasteiger partial charge in [0.15, 0.2) is 11.6 Å². The lowest BCUT2D eigenvalue weighted by molar-refractivity contribution is 0.0472. The van der Waals surface area contributed by atoms with Crippen LogP contribution in [0.4, 0.5) is 22.7 Å². The van der Waals surface area contributed by atoms with Gasteiger partial charge in [-0.3, -0.25) is 19.6 Å². The summed E-state index contributed by atoms with van der Waals surface area (Å²) in [6, 6.07) is 36.1. The highest BCUT2D eigenvalue weighted by Gasteiger charge is 2.18. The fraction of sp³-hybridized carbons (Fsp3) is 0.204. The van der Waals surface area contributed by atoms with Crippen LogP contribution in [0, 0.1) is 13.8 Å². The Balaban J connectivity index is 0.000000203. The van der Waals surface area contributed by atoms with E-state index in [2.05, 4.69) is 20.6 Å². The molecule has 0 radical (unpaired) electrons. The van der Waals surface area contributed by atoms with Crippen LogP contribution in [0.15, 0.2) is 128 Å². The Kier molecular flexibility index (Phi) is 13.7. The molecule has 7 rings (SSSR count). The van der Waals surface area contributed by atoms with Crippen molar-refractivity contribution in [2.24, 2.45) is 0 Å². The second-order valence-corrected chi connectivity index (χ2v) is 14.1. The lowest BCUT2D eigenvalue weighted by Gasteiger charge is -2.16. The minimum Gasteiger partial charge on any atom is -0.457 e. The number of aromatic nitrogens is 2. The van der Waals surface area contributed by atoms with E-state index in [1.165, 1.54) is 0 Å². The third-order valence-electron chi connectivity index (χ3n) is 9.79. The molecular formula is C49H48N4O5. The summed E-state index contributed by atoms with van der Waals surface area (Å²) in [6.45, 7) is 8.10. The molecule has 0 fully saturated rings. The number of fused-ring (bicyclic) bond motifs is 2. The highest BCUT2D eigenvalue weighted by atomic mass is 16.5. The molecule has 9 nitrogen and oxygen atoms in total.